The van der Waals surface area contributed by atoms with Crippen LogP contribution in [0.3, 0.4) is 0 Å². The number of aryl methyl sites for hydroxylation is 2. The number of hydrogen-bond donors (Lipinski definition) is 3. The van der Waals surface area contributed by atoms with Crippen molar-refractivity contribution in [3.05, 3.63) is 70.8 Å². The lowest BCUT2D eigenvalue weighted by Gasteiger charge is -2.02. The van der Waals surface area contributed by atoms with Gasteiger partial charge in [0.25, 0.3) is 0 Å². The Morgan fingerprint density at radius 2 is 1.29 bits per heavy atom. The largest absolute Gasteiger partial charge is 0.481 e. The van der Waals surface area contributed by atoms with Gasteiger partial charge in [-0.25, -0.2) is 0 Å². The fourth-order valence-corrected chi connectivity index (χ4v) is 2.17. The molecular weight excluding hydrogens is 356 g/mol. The van der Waals surface area contributed by atoms with Gasteiger partial charge in [-0.1, -0.05) is 60.7 Å². The Balaban J connectivity index is 0.000000295. The summed E-state index contributed by atoms with van der Waals surface area (Å²) in [6, 6.07) is 16.8. The number of carboxylic acids is 1. The molecule has 0 saturated carbocycles. The van der Waals surface area contributed by atoms with Crippen LogP contribution in [0, 0.1) is 13.8 Å². The van der Waals surface area contributed by atoms with Crippen molar-refractivity contribution in [1.82, 2.24) is 10.9 Å². The predicted molar refractivity (Wildman–Crippen MR) is 110 cm³/mol. The van der Waals surface area contributed by atoms with Gasteiger partial charge in [-0.05, 0) is 36.1 Å². The van der Waals surface area contributed by atoms with Crippen LogP contribution in [-0.4, -0.2) is 22.9 Å². The van der Waals surface area contributed by atoms with Gasteiger partial charge < -0.3 is 5.11 Å². The van der Waals surface area contributed by atoms with Gasteiger partial charge in [0.05, 0.1) is 6.42 Å². The maximum Gasteiger partial charge on any atom is 0.303 e. The van der Waals surface area contributed by atoms with Crippen LogP contribution in [-0.2, 0) is 14.4 Å². The maximum atomic E-state index is 10.7. The Morgan fingerprint density at radius 1 is 0.821 bits per heavy atom. The third kappa shape index (κ3) is 9.33. The van der Waals surface area contributed by atoms with E-state index >= 15 is 0 Å². The predicted octanol–water partition coefficient (Wildman–Crippen LogP) is 3.49. The average Bonchev–Trinajstić information content (AvgIpc) is 2.65. The fourth-order valence-electron chi connectivity index (χ4n) is 2.17. The molecule has 148 valence electrons. The van der Waals surface area contributed by atoms with E-state index in [1.54, 1.807) is 0 Å². The van der Waals surface area contributed by atoms with Crippen LogP contribution in [0.25, 0.3) is 12.2 Å². The molecule has 0 aliphatic heterocycles. The smallest absolute Gasteiger partial charge is 0.303 e. The second kappa shape index (κ2) is 12.1. The van der Waals surface area contributed by atoms with Crippen molar-refractivity contribution in [3.8, 4) is 0 Å². The minimum Gasteiger partial charge on any atom is -0.481 e. The summed E-state index contributed by atoms with van der Waals surface area (Å²) in [4.78, 5) is 30.9. The molecule has 6 heteroatoms. The molecule has 0 aliphatic carbocycles. The van der Waals surface area contributed by atoms with Crippen LogP contribution in [0.15, 0.2) is 48.5 Å². The van der Waals surface area contributed by atoms with E-state index in [4.69, 9.17) is 5.11 Å². The van der Waals surface area contributed by atoms with Crippen LogP contribution in [0.2, 0.25) is 0 Å². The Morgan fingerprint density at radius 3 is 1.68 bits per heavy atom. The van der Waals surface area contributed by atoms with E-state index in [0.717, 1.165) is 0 Å². The number of carboxylic acid groups (broad SMARTS) is 1. The average molecular weight is 382 g/mol. The number of rotatable bonds is 5. The molecule has 6 nitrogen and oxygen atoms in total. The van der Waals surface area contributed by atoms with Crippen LogP contribution >= 0.6 is 0 Å². The van der Waals surface area contributed by atoms with E-state index in [2.05, 4.69) is 74.5 Å². The highest BCUT2D eigenvalue weighted by Gasteiger charge is 2.04. The summed E-state index contributed by atoms with van der Waals surface area (Å²) >= 11 is 0. The molecule has 0 aromatic heterocycles. The van der Waals surface area contributed by atoms with E-state index in [9.17, 15) is 14.4 Å². The molecule has 0 atom stereocenters. The number of aliphatic carboxylic acids is 1. The number of carbonyl (C=O) groups excluding carboxylic acids is 2. The van der Waals surface area contributed by atoms with Crippen LogP contribution < -0.4 is 10.9 Å². The molecule has 0 unspecified atom stereocenters. The Kier molecular flexibility index (Phi) is 9.75. The molecular formula is C22H26N2O4. The zero-order chi connectivity index (χ0) is 20.9. The number of amides is 2. The molecule has 0 saturated heterocycles. The lowest BCUT2D eigenvalue weighted by Crippen LogP contribution is -2.40. The third-order valence-corrected chi connectivity index (χ3v) is 3.76. The van der Waals surface area contributed by atoms with Gasteiger partial charge in [0, 0.05) is 13.3 Å². The second-order valence-electron chi connectivity index (χ2n) is 6.17. The van der Waals surface area contributed by atoms with Crippen molar-refractivity contribution in [2.24, 2.45) is 0 Å². The molecule has 28 heavy (non-hydrogen) atoms. The van der Waals surface area contributed by atoms with Crippen LogP contribution in [0.5, 0.6) is 0 Å². The minimum atomic E-state index is -1.05. The zero-order valence-corrected chi connectivity index (χ0v) is 16.4. The normalized spacial score (nSPS) is 9.96. The molecule has 0 spiro atoms. The number of nitrogens with one attached hydrogen (secondary N) is 2. The fraction of sp³-hybridized carbons (Fsp3) is 0.227. The van der Waals surface area contributed by atoms with E-state index in [-0.39, 0.29) is 12.8 Å². The molecule has 0 aliphatic rings. The summed E-state index contributed by atoms with van der Waals surface area (Å²) in [6.07, 6.45) is 3.97. The summed E-state index contributed by atoms with van der Waals surface area (Å²) < 4.78 is 0. The van der Waals surface area contributed by atoms with Crippen molar-refractivity contribution in [1.29, 1.82) is 0 Å². The molecule has 2 aromatic rings. The summed E-state index contributed by atoms with van der Waals surface area (Å²) in [5.41, 5.74) is 9.26. The molecule has 0 fully saturated rings. The van der Waals surface area contributed by atoms with Gasteiger partial charge in [-0.15, -0.1) is 0 Å². The first-order valence-electron chi connectivity index (χ1n) is 8.86. The van der Waals surface area contributed by atoms with Crippen molar-refractivity contribution in [2.75, 3.05) is 0 Å². The van der Waals surface area contributed by atoms with Crippen molar-refractivity contribution in [3.63, 3.8) is 0 Å². The molecule has 0 radical (unpaired) electrons. The second-order valence-corrected chi connectivity index (χ2v) is 6.17. The summed E-state index contributed by atoms with van der Waals surface area (Å²) in [7, 11) is 0. The van der Waals surface area contributed by atoms with E-state index < -0.39 is 17.8 Å². The van der Waals surface area contributed by atoms with E-state index in [1.807, 2.05) is 10.9 Å². The first-order chi connectivity index (χ1) is 13.3. The van der Waals surface area contributed by atoms with Crippen LogP contribution in [0.1, 0.15) is 42.0 Å². The van der Waals surface area contributed by atoms with Gasteiger partial charge in [-0.3, -0.25) is 25.2 Å². The SMILES string of the molecule is CC(=O)NNC(=O)CCC(=O)O.Cc1ccccc1/C=C\c1ccccc1C. The number of carbonyl (C=O) groups is 3. The molecule has 2 aromatic carbocycles. The minimum absolute atomic E-state index is 0.143. The molecule has 0 heterocycles. The van der Waals surface area contributed by atoms with Crippen molar-refractivity contribution < 1.29 is 19.5 Å². The number of hydrogen-bond acceptors (Lipinski definition) is 3. The van der Waals surface area contributed by atoms with Crippen molar-refractivity contribution >= 4 is 29.9 Å². The highest BCUT2D eigenvalue weighted by molar-refractivity contribution is 5.83. The number of benzene rings is 2. The highest BCUT2D eigenvalue weighted by Crippen LogP contribution is 2.14. The quantitative estimate of drug-likeness (QED) is 0.545. The topological polar surface area (TPSA) is 95.5 Å². The Bertz CT molecular complexity index is 776. The monoisotopic (exact) mass is 382 g/mol. The first-order valence-corrected chi connectivity index (χ1v) is 8.86. The van der Waals surface area contributed by atoms with Gasteiger partial charge in [-0.2, -0.15) is 0 Å². The van der Waals surface area contributed by atoms with Gasteiger partial charge in [0.1, 0.15) is 0 Å². The summed E-state index contributed by atoms with van der Waals surface area (Å²) in [5, 5.41) is 8.17. The van der Waals surface area contributed by atoms with E-state index in [1.165, 1.54) is 29.2 Å². The zero-order valence-electron chi connectivity index (χ0n) is 16.4. The molecule has 0 bridgehead atoms. The first kappa shape index (κ1) is 22.6. The molecule has 2 rings (SSSR count). The standard InChI is InChI=1S/C16H16.C6H10N2O4/c1-13-7-3-5-9-15(13)11-12-16-10-6-4-8-14(16)2;1-4(9)7-8-5(10)2-3-6(11)12/h3-12H,1-2H3;2-3H2,1H3,(H,7,9)(H,8,10)(H,11,12)/b12-11-;. The lowest BCUT2D eigenvalue weighted by atomic mass is 10.0. The molecule has 3 N–H and O–H groups in total. The van der Waals surface area contributed by atoms with E-state index in [0.29, 0.717) is 0 Å². The Hall–Kier alpha value is -3.41. The summed E-state index contributed by atoms with van der Waals surface area (Å²) in [6.45, 7) is 5.51. The van der Waals surface area contributed by atoms with Crippen molar-refractivity contribution in [2.45, 2.75) is 33.6 Å². The summed E-state index contributed by atoms with van der Waals surface area (Å²) in [5.74, 6) is -1.97. The third-order valence-electron chi connectivity index (χ3n) is 3.76. The highest BCUT2D eigenvalue weighted by atomic mass is 16.4. The lowest BCUT2D eigenvalue weighted by molar-refractivity contribution is -0.139. The Labute approximate surface area is 165 Å². The van der Waals surface area contributed by atoms with Crippen LogP contribution in [0.4, 0.5) is 0 Å². The van der Waals surface area contributed by atoms with Gasteiger partial charge >= 0.3 is 5.97 Å². The van der Waals surface area contributed by atoms with Gasteiger partial charge in [0.15, 0.2) is 0 Å². The number of hydrazine groups is 1. The van der Waals surface area contributed by atoms with Gasteiger partial charge in [0.2, 0.25) is 11.8 Å². The molecule has 2 amide bonds. The maximum absolute atomic E-state index is 10.7.